The van der Waals surface area contributed by atoms with Crippen molar-refractivity contribution in [3.8, 4) is 0 Å². The number of aryl methyl sites for hydroxylation is 1. The van der Waals surface area contributed by atoms with Crippen molar-refractivity contribution >= 4 is 5.91 Å². The van der Waals surface area contributed by atoms with Gasteiger partial charge in [-0.25, -0.2) is 0 Å². The van der Waals surface area contributed by atoms with Crippen molar-refractivity contribution in [2.45, 2.75) is 85.4 Å². The lowest BCUT2D eigenvalue weighted by atomic mass is 10.0. The van der Waals surface area contributed by atoms with Gasteiger partial charge in [-0.05, 0) is 64.2 Å². The maximum absolute atomic E-state index is 12.9. The summed E-state index contributed by atoms with van der Waals surface area (Å²) in [7, 11) is 1.92. The molecule has 1 aliphatic heterocycles. The van der Waals surface area contributed by atoms with Crippen LogP contribution in [-0.2, 0) is 11.2 Å². The Bertz CT molecular complexity index is 1110. The first-order chi connectivity index (χ1) is 23.4. The van der Waals surface area contributed by atoms with E-state index in [-0.39, 0.29) is 24.5 Å². The van der Waals surface area contributed by atoms with Crippen LogP contribution in [0.5, 0.6) is 0 Å². The number of benzene rings is 2. The van der Waals surface area contributed by atoms with Crippen molar-refractivity contribution in [3.63, 3.8) is 0 Å². The Morgan fingerprint density at radius 1 is 0.959 bits per heavy atom. The van der Waals surface area contributed by atoms with E-state index in [0.29, 0.717) is 12.6 Å². The molecule has 0 radical (unpaired) electrons. The first-order valence-corrected chi connectivity index (χ1v) is 18.1. The largest absolute Gasteiger partial charge is 0.379 e. The zero-order valence-electron chi connectivity index (χ0n) is 32.0. The van der Waals surface area contributed by atoms with E-state index >= 15 is 0 Å². The molecule has 276 valence electrons. The third-order valence-corrected chi connectivity index (χ3v) is 7.34. The number of hydrogen-bond donors (Lipinski definition) is 6. The van der Waals surface area contributed by atoms with Gasteiger partial charge in [0.1, 0.15) is 0 Å². The standard InChI is InChI=1S/C27H46N6O.C7H8.C4H10.C3H7N/c1-21(2)30-15-9-13-25(23(4)33-17-10-14-29-16-18-33)32-27(34)20-31-22(3)26(28-5)19-24-11-7-6-8-12-24;1-7-5-3-2-4-6-7;1-4(2)3;1-2-3-4/h6-8,11-12,21,25-26,28-31H,3-4,9-10,13-20H2,1-2,5H3,(H,32,34);2-6H,1H3;4H,1-3H3;2H,1,3-4H2. The minimum Gasteiger partial charge on any atom is -0.379 e. The maximum atomic E-state index is 12.9. The van der Waals surface area contributed by atoms with Crippen LogP contribution in [0.3, 0.4) is 0 Å². The highest BCUT2D eigenvalue weighted by Crippen LogP contribution is 2.14. The van der Waals surface area contributed by atoms with Crippen LogP contribution in [0.15, 0.2) is 97.9 Å². The molecule has 2 unspecified atom stereocenters. The topological polar surface area (TPSA) is 106 Å². The molecular formula is C41H71N7O. The molecule has 2 aromatic rings. The zero-order chi connectivity index (χ0) is 36.9. The summed E-state index contributed by atoms with van der Waals surface area (Å²) in [6, 6.07) is 21.0. The molecule has 1 heterocycles. The van der Waals surface area contributed by atoms with Crippen LogP contribution >= 0.6 is 0 Å². The molecule has 1 amide bonds. The fraction of sp³-hybridized carbons (Fsp3) is 0.537. The van der Waals surface area contributed by atoms with Gasteiger partial charge in [0.05, 0.1) is 18.6 Å². The lowest BCUT2D eigenvalue weighted by Crippen LogP contribution is -2.46. The summed E-state index contributed by atoms with van der Waals surface area (Å²) in [6.45, 7) is 30.4. The predicted octanol–water partition coefficient (Wildman–Crippen LogP) is 5.78. The molecule has 0 aromatic heterocycles. The van der Waals surface area contributed by atoms with E-state index in [1.807, 2.05) is 43.4 Å². The summed E-state index contributed by atoms with van der Waals surface area (Å²) < 4.78 is 0. The molecule has 2 aromatic carbocycles. The molecule has 2 atom stereocenters. The van der Waals surface area contributed by atoms with Crippen molar-refractivity contribution in [2.75, 3.05) is 52.9 Å². The van der Waals surface area contributed by atoms with Crippen LogP contribution in [0.4, 0.5) is 0 Å². The number of carbonyl (C=O) groups is 1. The van der Waals surface area contributed by atoms with E-state index in [9.17, 15) is 4.79 Å². The molecule has 0 saturated carbocycles. The molecule has 8 heteroatoms. The minimum atomic E-state index is -0.0703. The van der Waals surface area contributed by atoms with E-state index in [1.165, 1.54) is 11.1 Å². The lowest BCUT2D eigenvalue weighted by molar-refractivity contribution is -0.120. The Kier molecular flexibility index (Phi) is 27.4. The van der Waals surface area contributed by atoms with Crippen molar-refractivity contribution in [1.29, 1.82) is 0 Å². The molecule has 1 saturated heterocycles. The van der Waals surface area contributed by atoms with Crippen molar-refractivity contribution < 1.29 is 4.79 Å². The van der Waals surface area contributed by atoms with Crippen molar-refractivity contribution in [2.24, 2.45) is 11.7 Å². The fourth-order valence-electron chi connectivity index (χ4n) is 4.72. The number of nitrogens with two attached hydrogens (primary N) is 1. The molecule has 7 N–H and O–H groups in total. The van der Waals surface area contributed by atoms with Gasteiger partial charge in [-0.15, -0.1) is 6.58 Å². The lowest BCUT2D eigenvalue weighted by Gasteiger charge is -2.31. The molecule has 3 rings (SSSR count). The average molecular weight is 678 g/mol. The van der Waals surface area contributed by atoms with E-state index in [4.69, 9.17) is 5.73 Å². The first-order valence-electron chi connectivity index (χ1n) is 18.1. The quantitative estimate of drug-likeness (QED) is 0.0989. The molecule has 0 aliphatic carbocycles. The molecule has 49 heavy (non-hydrogen) atoms. The predicted molar refractivity (Wildman–Crippen MR) is 214 cm³/mol. The van der Waals surface area contributed by atoms with Gasteiger partial charge in [0.2, 0.25) is 5.91 Å². The molecular weight excluding hydrogens is 606 g/mol. The van der Waals surface area contributed by atoms with Gasteiger partial charge in [0.25, 0.3) is 0 Å². The number of hydrogen-bond acceptors (Lipinski definition) is 7. The van der Waals surface area contributed by atoms with Gasteiger partial charge < -0.3 is 37.2 Å². The highest BCUT2D eigenvalue weighted by molar-refractivity contribution is 5.79. The fourth-order valence-corrected chi connectivity index (χ4v) is 4.72. The first kappa shape index (κ1) is 45.6. The summed E-state index contributed by atoms with van der Waals surface area (Å²) in [4.78, 5) is 15.2. The third-order valence-electron chi connectivity index (χ3n) is 7.34. The molecule has 0 bridgehead atoms. The Balaban J connectivity index is 0.00000126. The maximum Gasteiger partial charge on any atom is 0.239 e. The van der Waals surface area contributed by atoms with Gasteiger partial charge in [-0.3, -0.25) is 4.79 Å². The highest BCUT2D eigenvalue weighted by atomic mass is 16.2. The van der Waals surface area contributed by atoms with Crippen LogP contribution < -0.4 is 32.3 Å². The second-order valence-corrected chi connectivity index (χ2v) is 13.3. The van der Waals surface area contributed by atoms with Crippen LogP contribution in [-0.4, -0.2) is 81.8 Å². The van der Waals surface area contributed by atoms with Crippen molar-refractivity contribution in [3.05, 3.63) is 109 Å². The smallest absolute Gasteiger partial charge is 0.239 e. The molecule has 1 fully saturated rings. The van der Waals surface area contributed by atoms with E-state index in [1.54, 1.807) is 6.08 Å². The van der Waals surface area contributed by atoms with Gasteiger partial charge in [0, 0.05) is 43.6 Å². The monoisotopic (exact) mass is 678 g/mol. The van der Waals surface area contributed by atoms with Crippen LogP contribution in [0.25, 0.3) is 0 Å². The molecule has 8 nitrogen and oxygen atoms in total. The molecule has 1 aliphatic rings. The Labute approximate surface area is 300 Å². The van der Waals surface area contributed by atoms with Crippen LogP contribution in [0, 0.1) is 12.8 Å². The number of amides is 1. The average Bonchev–Trinajstić information content (AvgIpc) is 3.38. The Morgan fingerprint density at radius 3 is 2.06 bits per heavy atom. The normalized spacial score (nSPS) is 13.6. The number of likely N-dealkylation sites (N-methyl/N-ethyl adjacent to an activating group) is 1. The van der Waals surface area contributed by atoms with Crippen LogP contribution in [0.1, 0.15) is 65.0 Å². The summed E-state index contributed by atoms with van der Waals surface area (Å²) in [5, 5.41) is 16.7. The second kappa shape index (κ2) is 29.5. The number of rotatable bonds is 16. The van der Waals surface area contributed by atoms with Gasteiger partial charge in [0.15, 0.2) is 0 Å². The van der Waals surface area contributed by atoms with E-state index < -0.39 is 0 Å². The van der Waals surface area contributed by atoms with Crippen LogP contribution in [0.2, 0.25) is 0 Å². The SMILES string of the molecule is C=C(NCC(=O)NC(CCCNC(C)C)C(=C)N1CCCNCC1)C(Cc1ccccc1)NC.C=CCN.CC(C)C.Cc1ccccc1. The minimum absolute atomic E-state index is 0.0355. The number of nitrogens with zero attached hydrogens (tertiary/aromatic N) is 1. The third kappa shape index (κ3) is 25.2. The van der Waals surface area contributed by atoms with Gasteiger partial charge >= 0.3 is 0 Å². The second-order valence-electron chi connectivity index (χ2n) is 13.3. The summed E-state index contributed by atoms with van der Waals surface area (Å²) in [5.41, 5.74) is 9.29. The van der Waals surface area contributed by atoms with Crippen molar-refractivity contribution in [1.82, 2.24) is 31.5 Å². The number of carbonyl (C=O) groups excluding carboxylic acids is 1. The molecule has 0 spiro atoms. The number of nitrogens with one attached hydrogen (secondary N) is 5. The van der Waals surface area contributed by atoms with Gasteiger partial charge in [-0.2, -0.15) is 0 Å². The van der Waals surface area contributed by atoms with Gasteiger partial charge in [-0.1, -0.05) is 120 Å². The highest BCUT2D eigenvalue weighted by Gasteiger charge is 2.21. The summed E-state index contributed by atoms with van der Waals surface area (Å²) in [5.74, 6) is 0.798. The van der Waals surface area contributed by atoms with E-state index in [0.717, 1.165) is 75.7 Å². The van der Waals surface area contributed by atoms with E-state index in [2.05, 4.69) is 117 Å². The Hall–Kier alpha value is -3.43. The summed E-state index contributed by atoms with van der Waals surface area (Å²) in [6.07, 6.45) is 5.40. The zero-order valence-corrected chi connectivity index (χ0v) is 32.0. The Morgan fingerprint density at radius 2 is 1.55 bits per heavy atom. The summed E-state index contributed by atoms with van der Waals surface area (Å²) >= 11 is 0.